The van der Waals surface area contributed by atoms with Crippen molar-refractivity contribution >= 4 is 14.0 Å². The number of ether oxygens (including phenoxy) is 1. The average molecular weight is 296 g/mol. The standard InChI is InChI=1S/C15H28N2O2Si/c1-15(2,3)20(5,6)19-9-7-8-12-10-17-11-13(16)14(12)18-4/h10-11H,7-9,16H2,1-6H3. The second-order valence-electron chi connectivity index (χ2n) is 6.63. The molecular formula is C15H28N2O2Si. The number of nitrogen functional groups attached to an aromatic ring is 1. The Bertz CT molecular complexity index is 442. The van der Waals surface area contributed by atoms with Crippen molar-refractivity contribution in [3.05, 3.63) is 18.0 Å². The second-order valence-corrected chi connectivity index (χ2v) is 11.4. The van der Waals surface area contributed by atoms with Crippen LogP contribution in [0.3, 0.4) is 0 Å². The Labute approximate surface area is 123 Å². The van der Waals surface area contributed by atoms with Crippen molar-refractivity contribution in [2.24, 2.45) is 0 Å². The Morgan fingerprint density at radius 2 is 1.90 bits per heavy atom. The van der Waals surface area contributed by atoms with Gasteiger partial charge in [0.1, 0.15) is 5.75 Å². The van der Waals surface area contributed by atoms with Gasteiger partial charge in [0.2, 0.25) is 0 Å². The van der Waals surface area contributed by atoms with Crippen molar-refractivity contribution < 1.29 is 9.16 Å². The summed E-state index contributed by atoms with van der Waals surface area (Å²) in [6.07, 6.45) is 5.26. The van der Waals surface area contributed by atoms with Gasteiger partial charge in [-0.2, -0.15) is 0 Å². The van der Waals surface area contributed by atoms with Crippen LogP contribution >= 0.6 is 0 Å². The van der Waals surface area contributed by atoms with Crippen LogP contribution < -0.4 is 10.5 Å². The molecule has 0 aliphatic heterocycles. The van der Waals surface area contributed by atoms with E-state index in [2.05, 4.69) is 38.8 Å². The highest BCUT2D eigenvalue weighted by atomic mass is 28.4. The third-order valence-corrected chi connectivity index (χ3v) is 8.60. The molecule has 0 radical (unpaired) electrons. The maximum Gasteiger partial charge on any atom is 0.191 e. The predicted octanol–water partition coefficient (Wildman–Crippen LogP) is 3.63. The highest BCUT2D eigenvalue weighted by molar-refractivity contribution is 6.74. The number of nitrogens with zero attached hydrogens (tertiary/aromatic N) is 1. The van der Waals surface area contributed by atoms with E-state index in [1.165, 1.54) is 0 Å². The lowest BCUT2D eigenvalue weighted by Crippen LogP contribution is -2.41. The summed E-state index contributed by atoms with van der Waals surface area (Å²) in [7, 11) is -0.00726. The van der Waals surface area contributed by atoms with Crippen LogP contribution in [0.4, 0.5) is 5.69 Å². The first kappa shape index (κ1) is 17.0. The van der Waals surface area contributed by atoms with E-state index in [0.717, 1.165) is 30.8 Å². The number of rotatable bonds is 6. The van der Waals surface area contributed by atoms with Crippen LogP contribution in [0.5, 0.6) is 5.75 Å². The maximum absolute atomic E-state index is 6.17. The number of pyridine rings is 1. The number of hydrogen-bond donors (Lipinski definition) is 1. The SMILES string of the molecule is COc1c(N)cncc1CCCO[Si](C)(C)C(C)(C)C. The van der Waals surface area contributed by atoms with Crippen molar-refractivity contribution in [2.45, 2.75) is 51.7 Å². The molecule has 0 saturated heterocycles. The van der Waals surface area contributed by atoms with Crippen molar-refractivity contribution in [3.63, 3.8) is 0 Å². The number of anilines is 1. The first-order valence-electron chi connectivity index (χ1n) is 7.09. The number of nitrogens with two attached hydrogens (primary N) is 1. The number of aryl methyl sites for hydroxylation is 1. The van der Waals surface area contributed by atoms with Crippen molar-refractivity contribution in [2.75, 3.05) is 19.5 Å². The lowest BCUT2D eigenvalue weighted by atomic mass is 10.1. The number of aromatic nitrogens is 1. The van der Waals surface area contributed by atoms with Gasteiger partial charge in [0.05, 0.1) is 19.0 Å². The van der Waals surface area contributed by atoms with Crippen LogP contribution in [0.25, 0.3) is 0 Å². The van der Waals surface area contributed by atoms with Crippen molar-refractivity contribution in [1.29, 1.82) is 0 Å². The molecule has 4 nitrogen and oxygen atoms in total. The predicted molar refractivity (Wildman–Crippen MR) is 86.7 cm³/mol. The van der Waals surface area contributed by atoms with Gasteiger partial charge in [-0.3, -0.25) is 4.98 Å². The molecule has 0 aliphatic carbocycles. The molecule has 114 valence electrons. The minimum atomic E-state index is -1.65. The first-order chi connectivity index (χ1) is 9.19. The Kier molecular flexibility index (Phi) is 5.59. The molecule has 0 atom stereocenters. The molecule has 0 unspecified atom stereocenters. The molecule has 0 saturated carbocycles. The average Bonchev–Trinajstić information content (AvgIpc) is 2.33. The maximum atomic E-state index is 6.17. The van der Waals surface area contributed by atoms with E-state index < -0.39 is 8.32 Å². The lowest BCUT2D eigenvalue weighted by Gasteiger charge is -2.36. The topological polar surface area (TPSA) is 57.4 Å². The summed E-state index contributed by atoms with van der Waals surface area (Å²) < 4.78 is 11.5. The highest BCUT2D eigenvalue weighted by Gasteiger charge is 2.36. The molecule has 0 fully saturated rings. The van der Waals surface area contributed by atoms with E-state index in [1.54, 1.807) is 13.3 Å². The molecule has 0 amide bonds. The molecule has 0 aromatic carbocycles. The molecule has 1 aromatic rings. The molecule has 1 rings (SSSR count). The van der Waals surface area contributed by atoms with Crippen LogP contribution in [-0.4, -0.2) is 27.0 Å². The molecule has 0 bridgehead atoms. The van der Waals surface area contributed by atoms with E-state index in [4.69, 9.17) is 14.9 Å². The second kappa shape index (κ2) is 6.59. The normalized spacial score (nSPS) is 12.5. The number of methoxy groups -OCH3 is 1. The fourth-order valence-electron chi connectivity index (χ4n) is 1.74. The van der Waals surface area contributed by atoms with Gasteiger partial charge in [-0.15, -0.1) is 0 Å². The zero-order valence-electron chi connectivity index (χ0n) is 13.6. The molecule has 2 N–H and O–H groups in total. The molecule has 0 aliphatic rings. The van der Waals surface area contributed by atoms with Gasteiger partial charge in [0, 0.05) is 18.4 Å². The monoisotopic (exact) mass is 296 g/mol. The van der Waals surface area contributed by atoms with Gasteiger partial charge < -0.3 is 14.9 Å². The first-order valence-corrected chi connectivity index (χ1v) is 10.00. The summed E-state index contributed by atoms with van der Waals surface area (Å²) in [6, 6.07) is 0. The molecule has 1 aromatic heterocycles. The van der Waals surface area contributed by atoms with E-state index in [-0.39, 0.29) is 5.04 Å². The van der Waals surface area contributed by atoms with E-state index >= 15 is 0 Å². The Hall–Kier alpha value is -1.07. The van der Waals surface area contributed by atoms with Gasteiger partial charge in [0.25, 0.3) is 0 Å². The zero-order valence-corrected chi connectivity index (χ0v) is 14.6. The molecule has 1 heterocycles. The summed E-state index contributed by atoms with van der Waals surface area (Å²) in [5, 5.41) is 0.253. The summed E-state index contributed by atoms with van der Waals surface area (Å²) in [4.78, 5) is 4.12. The molecule has 0 spiro atoms. The smallest absolute Gasteiger partial charge is 0.191 e. The largest absolute Gasteiger partial charge is 0.494 e. The van der Waals surface area contributed by atoms with Crippen LogP contribution in [0.15, 0.2) is 12.4 Å². The summed E-state index contributed by atoms with van der Waals surface area (Å²) >= 11 is 0. The van der Waals surface area contributed by atoms with Gasteiger partial charge >= 0.3 is 0 Å². The van der Waals surface area contributed by atoms with Crippen LogP contribution in [-0.2, 0) is 10.8 Å². The minimum absolute atomic E-state index is 0.253. The summed E-state index contributed by atoms with van der Waals surface area (Å²) in [5.41, 5.74) is 7.49. The van der Waals surface area contributed by atoms with Crippen LogP contribution in [0, 0.1) is 0 Å². The summed E-state index contributed by atoms with van der Waals surface area (Å²) in [5.74, 6) is 0.743. The van der Waals surface area contributed by atoms with Gasteiger partial charge in [-0.25, -0.2) is 0 Å². The summed E-state index contributed by atoms with van der Waals surface area (Å²) in [6.45, 7) is 12.1. The molecular weight excluding hydrogens is 268 g/mol. The van der Waals surface area contributed by atoms with Gasteiger partial charge in [0.15, 0.2) is 8.32 Å². The van der Waals surface area contributed by atoms with Gasteiger partial charge in [-0.1, -0.05) is 20.8 Å². The zero-order chi connectivity index (χ0) is 15.4. The van der Waals surface area contributed by atoms with E-state index in [1.807, 2.05) is 6.20 Å². The third kappa shape index (κ3) is 4.21. The fraction of sp³-hybridized carbons (Fsp3) is 0.667. The Morgan fingerprint density at radius 3 is 2.45 bits per heavy atom. The van der Waals surface area contributed by atoms with E-state index in [0.29, 0.717) is 5.69 Å². The van der Waals surface area contributed by atoms with Crippen LogP contribution in [0.2, 0.25) is 18.1 Å². The fourth-order valence-corrected chi connectivity index (χ4v) is 2.83. The van der Waals surface area contributed by atoms with E-state index in [9.17, 15) is 0 Å². The quantitative estimate of drug-likeness (QED) is 0.643. The van der Waals surface area contributed by atoms with Crippen LogP contribution in [0.1, 0.15) is 32.8 Å². The lowest BCUT2D eigenvalue weighted by molar-refractivity contribution is 0.282. The number of hydrogen-bond acceptors (Lipinski definition) is 4. The van der Waals surface area contributed by atoms with Crippen molar-refractivity contribution in [1.82, 2.24) is 4.98 Å². The minimum Gasteiger partial charge on any atom is -0.494 e. The molecule has 5 heteroatoms. The highest BCUT2D eigenvalue weighted by Crippen LogP contribution is 2.36. The Balaban J connectivity index is 2.52. The van der Waals surface area contributed by atoms with Gasteiger partial charge in [-0.05, 0) is 31.0 Å². The molecule has 20 heavy (non-hydrogen) atoms. The Morgan fingerprint density at radius 1 is 1.25 bits per heavy atom. The third-order valence-electron chi connectivity index (χ3n) is 4.06. The van der Waals surface area contributed by atoms with Crippen molar-refractivity contribution in [3.8, 4) is 5.75 Å².